The van der Waals surface area contributed by atoms with Crippen LogP contribution >= 0.6 is 0 Å². The summed E-state index contributed by atoms with van der Waals surface area (Å²) in [6, 6.07) is 3.42. The lowest BCUT2D eigenvalue weighted by molar-refractivity contribution is -0.140. The van der Waals surface area contributed by atoms with Crippen LogP contribution in [0.15, 0.2) is 24.5 Å². The summed E-state index contributed by atoms with van der Waals surface area (Å²) in [4.78, 5) is 13.3. The average molecular weight is 239 g/mol. The Hall–Kier alpha value is -1.33. The van der Waals surface area contributed by atoms with Crippen LogP contribution in [0.4, 0.5) is 0 Å². The fourth-order valence-corrected chi connectivity index (χ4v) is 1.63. The number of aromatic nitrogens is 1. The van der Waals surface area contributed by atoms with Crippen molar-refractivity contribution in [2.75, 3.05) is 13.1 Å². The van der Waals surface area contributed by atoms with Crippen LogP contribution in [0.3, 0.4) is 0 Å². The summed E-state index contributed by atoms with van der Waals surface area (Å²) in [6.45, 7) is 3.60. The Morgan fingerprint density at radius 1 is 1.29 bits per heavy atom. The van der Waals surface area contributed by atoms with Crippen molar-refractivity contribution in [3.05, 3.63) is 24.5 Å². The molecule has 1 aliphatic rings. The highest BCUT2D eigenvalue weighted by Gasteiger charge is 2.16. The molecule has 5 heteroatoms. The molecule has 17 heavy (non-hydrogen) atoms. The molecule has 1 atom stereocenters. The van der Waals surface area contributed by atoms with Gasteiger partial charge in [0.2, 0.25) is 0 Å². The van der Waals surface area contributed by atoms with E-state index in [1.54, 1.807) is 6.92 Å². The summed E-state index contributed by atoms with van der Waals surface area (Å²) in [5, 5.41) is 10.6. The number of carboxylic acid groups (broad SMARTS) is 1. The molecular formula is C12H21N3O2. The van der Waals surface area contributed by atoms with Crippen molar-refractivity contribution >= 4 is 5.97 Å². The van der Waals surface area contributed by atoms with Gasteiger partial charge in [-0.15, -0.1) is 0 Å². The monoisotopic (exact) mass is 239 g/mol. The van der Waals surface area contributed by atoms with E-state index in [0.29, 0.717) is 0 Å². The van der Waals surface area contributed by atoms with E-state index < -0.39 is 12.0 Å². The van der Waals surface area contributed by atoms with E-state index in [1.165, 1.54) is 19.3 Å². The third-order valence-corrected chi connectivity index (χ3v) is 2.60. The van der Waals surface area contributed by atoms with Crippen LogP contribution in [-0.2, 0) is 4.79 Å². The molecule has 5 nitrogen and oxygen atoms in total. The molecule has 1 fully saturated rings. The first-order valence-corrected chi connectivity index (χ1v) is 6.02. The zero-order valence-corrected chi connectivity index (χ0v) is 10.2. The van der Waals surface area contributed by atoms with E-state index in [0.717, 1.165) is 13.1 Å². The topological polar surface area (TPSA) is 68.4 Å². The normalized spacial score (nSPS) is 17.9. The predicted octanol–water partition coefficient (Wildman–Crippen LogP) is 1.46. The molecule has 0 aliphatic carbocycles. The van der Waals surface area contributed by atoms with E-state index in [-0.39, 0.29) is 0 Å². The first kappa shape index (κ1) is 13.7. The van der Waals surface area contributed by atoms with Crippen molar-refractivity contribution in [2.45, 2.75) is 32.2 Å². The van der Waals surface area contributed by atoms with Crippen LogP contribution in [0.2, 0.25) is 0 Å². The minimum Gasteiger partial charge on any atom is -0.480 e. The van der Waals surface area contributed by atoms with E-state index in [1.807, 2.05) is 29.5 Å². The summed E-state index contributed by atoms with van der Waals surface area (Å²) in [5.74, 6) is -0.791. The van der Waals surface area contributed by atoms with Crippen molar-refractivity contribution in [3.8, 4) is 0 Å². The van der Waals surface area contributed by atoms with Crippen molar-refractivity contribution in [1.82, 2.24) is 15.4 Å². The van der Waals surface area contributed by atoms with Crippen molar-refractivity contribution in [3.63, 3.8) is 0 Å². The molecule has 2 rings (SSSR count). The van der Waals surface area contributed by atoms with E-state index in [9.17, 15) is 4.79 Å². The molecule has 0 amide bonds. The molecule has 1 saturated heterocycles. The number of hydrazine groups is 1. The number of carbonyl (C=O) groups is 1. The maximum absolute atomic E-state index is 10.5. The number of rotatable bonds is 3. The second-order valence-electron chi connectivity index (χ2n) is 4.12. The Labute approximate surface area is 102 Å². The number of aromatic amines is 1. The van der Waals surface area contributed by atoms with Gasteiger partial charge in [-0.25, -0.2) is 10.4 Å². The largest absolute Gasteiger partial charge is 0.480 e. The summed E-state index contributed by atoms with van der Waals surface area (Å²) in [6.07, 6.45) is 7.35. The summed E-state index contributed by atoms with van der Waals surface area (Å²) in [7, 11) is 0. The molecule has 2 heterocycles. The summed E-state index contributed by atoms with van der Waals surface area (Å²) < 4.78 is 0. The number of hydrogen-bond acceptors (Lipinski definition) is 3. The maximum Gasteiger partial charge on any atom is 0.321 e. The quantitative estimate of drug-likeness (QED) is 0.747. The van der Waals surface area contributed by atoms with Crippen LogP contribution < -0.4 is 5.43 Å². The number of nitrogens with one attached hydrogen (secondary N) is 2. The third kappa shape index (κ3) is 6.09. The molecule has 1 aromatic rings. The fraction of sp³-hybridized carbons (Fsp3) is 0.583. The molecule has 1 aliphatic heterocycles. The predicted molar refractivity (Wildman–Crippen MR) is 66.5 cm³/mol. The van der Waals surface area contributed by atoms with Crippen LogP contribution in [0.5, 0.6) is 0 Å². The second-order valence-corrected chi connectivity index (χ2v) is 4.12. The van der Waals surface area contributed by atoms with Gasteiger partial charge in [-0.1, -0.05) is 6.42 Å². The van der Waals surface area contributed by atoms with Gasteiger partial charge in [-0.05, 0) is 31.9 Å². The molecule has 3 N–H and O–H groups in total. The van der Waals surface area contributed by atoms with Crippen molar-refractivity contribution < 1.29 is 9.90 Å². The first-order valence-electron chi connectivity index (χ1n) is 6.02. The highest BCUT2D eigenvalue weighted by Crippen LogP contribution is 2.06. The molecule has 96 valence electrons. The Kier molecular flexibility index (Phi) is 6.35. The SMILES string of the molecule is CC(NN1CCCCC1)C(=O)O.c1cc[nH]c1. The first-order chi connectivity index (χ1) is 8.20. The van der Waals surface area contributed by atoms with Gasteiger partial charge in [0, 0.05) is 25.5 Å². The average Bonchev–Trinajstić information content (AvgIpc) is 2.89. The Morgan fingerprint density at radius 3 is 2.29 bits per heavy atom. The fourth-order valence-electron chi connectivity index (χ4n) is 1.63. The van der Waals surface area contributed by atoms with Gasteiger partial charge in [0.1, 0.15) is 6.04 Å². The molecule has 0 saturated carbocycles. The van der Waals surface area contributed by atoms with Gasteiger partial charge < -0.3 is 10.1 Å². The lowest BCUT2D eigenvalue weighted by Crippen LogP contribution is -2.49. The minimum absolute atomic E-state index is 0.469. The Morgan fingerprint density at radius 2 is 1.88 bits per heavy atom. The second kappa shape index (κ2) is 7.86. The smallest absolute Gasteiger partial charge is 0.321 e. The highest BCUT2D eigenvalue weighted by atomic mass is 16.4. The van der Waals surface area contributed by atoms with Crippen LogP contribution in [-0.4, -0.2) is 40.2 Å². The van der Waals surface area contributed by atoms with Gasteiger partial charge in [-0.2, -0.15) is 0 Å². The highest BCUT2D eigenvalue weighted by molar-refractivity contribution is 5.72. The van der Waals surface area contributed by atoms with Crippen LogP contribution in [0.25, 0.3) is 0 Å². The van der Waals surface area contributed by atoms with Gasteiger partial charge >= 0.3 is 5.97 Å². The maximum atomic E-state index is 10.5. The number of H-pyrrole nitrogens is 1. The lowest BCUT2D eigenvalue weighted by Gasteiger charge is -2.28. The zero-order valence-electron chi connectivity index (χ0n) is 10.2. The summed E-state index contributed by atoms with van der Waals surface area (Å²) in [5.41, 5.74) is 2.95. The van der Waals surface area contributed by atoms with E-state index >= 15 is 0 Å². The number of nitrogens with zero attached hydrogens (tertiary/aromatic N) is 1. The molecular weight excluding hydrogens is 218 g/mol. The number of carboxylic acids is 1. The Bertz CT molecular complexity index is 277. The van der Waals surface area contributed by atoms with Crippen LogP contribution in [0.1, 0.15) is 26.2 Å². The van der Waals surface area contributed by atoms with Crippen molar-refractivity contribution in [2.24, 2.45) is 0 Å². The molecule has 0 spiro atoms. The number of hydrogen-bond donors (Lipinski definition) is 3. The molecule has 0 aromatic carbocycles. The zero-order chi connectivity index (χ0) is 12.5. The van der Waals surface area contributed by atoms with E-state index in [4.69, 9.17) is 5.11 Å². The minimum atomic E-state index is -0.791. The van der Waals surface area contributed by atoms with Gasteiger partial charge in [0.15, 0.2) is 0 Å². The lowest BCUT2D eigenvalue weighted by atomic mass is 10.2. The number of piperidine rings is 1. The molecule has 0 bridgehead atoms. The van der Waals surface area contributed by atoms with Gasteiger partial charge in [0.05, 0.1) is 0 Å². The standard InChI is InChI=1S/C8H16N2O2.C4H5N/c1-7(8(11)12)9-10-5-3-2-4-6-10;1-2-4-5-3-1/h7,9H,2-6H2,1H3,(H,11,12);1-5H. The summed E-state index contributed by atoms with van der Waals surface area (Å²) >= 11 is 0. The molecule has 0 radical (unpaired) electrons. The molecule has 1 unspecified atom stereocenters. The van der Waals surface area contributed by atoms with Gasteiger partial charge in [0.25, 0.3) is 0 Å². The van der Waals surface area contributed by atoms with E-state index in [2.05, 4.69) is 10.4 Å². The van der Waals surface area contributed by atoms with Crippen LogP contribution in [0, 0.1) is 0 Å². The third-order valence-electron chi connectivity index (χ3n) is 2.60. The molecule has 1 aromatic heterocycles. The number of aliphatic carboxylic acids is 1. The Balaban J connectivity index is 0.000000239. The van der Waals surface area contributed by atoms with Crippen molar-refractivity contribution in [1.29, 1.82) is 0 Å². The van der Waals surface area contributed by atoms with Gasteiger partial charge in [-0.3, -0.25) is 4.79 Å².